The first-order valence-corrected chi connectivity index (χ1v) is 5.69. The number of carboxylic acids is 1. The molecule has 1 rings (SSSR count). The lowest BCUT2D eigenvalue weighted by Crippen LogP contribution is -2.15. The van der Waals surface area contributed by atoms with Gasteiger partial charge in [0.05, 0.1) is 5.69 Å². The standard InChI is InChI=1S/C13H18N2O2/c1-3-11(13(16)17)7-8-14-9-12-6-4-5-10(2)15-12/h4-7,14H,3,8-9H2,1-2H3,(H,16,17)/b11-7-. The normalized spacial score (nSPS) is 11.5. The van der Waals surface area contributed by atoms with Crippen molar-refractivity contribution >= 4 is 5.97 Å². The minimum Gasteiger partial charge on any atom is -0.478 e. The predicted octanol–water partition coefficient (Wildman–Crippen LogP) is 1.90. The van der Waals surface area contributed by atoms with Gasteiger partial charge in [-0.3, -0.25) is 4.98 Å². The van der Waals surface area contributed by atoms with Crippen molar-refractivity contribution < 1.29 is 9.90 Å². The molecule has 0 radical (unpaired) electrons. The van der Waals surface area contributed by atoms with Crippen LogP contribution in [0.5, 0.6) is 0 Å². The lowest BCUT2D eigenvalue weighted by atomic mass is 10.2. The molecule has 0 aliphatic rings. The molecule has 92 valence electrons. The Kier molecular flexibility index (Phi) is 5.36. The number of aliphatic carboxylic acids is 1. The monoisotopic (exact) mass is 234 g/mol. The first-order chi connectivity index (χ1) is 8.13. The van der Waals surface area contributed by atoms with Gasteiger partial charge in [-0.1, -0.05) is 19.1 Å². The summed E-state index contributed by atoms with van der Waals surface area (Å²) in [6.07, 6.45) is 2.25. The van der Waals surface area contributed by atoms with Crippen molar-refractivity contribution in [2.75, 3.05) is 6.54 Å². The zero-order valence-electron chi connectivity index (χ0n) is 10.2. The zero-order valence-corrected chi connectivity index (χ0v) is 10.2. The van der Waals surface area contributed by atoms with E-state index in [0.717, 1.165) is 11.4 Å². The Morgan fingerprint density at radius 1 is 1.53 bits per heavy atom. The maximum atomic E-state index is 10.7. The summed E-state index contributed by atoms with van der Waals surface area (Å²) in [5.41, 5.74) is 2.39. The number of aromatic nitrogens is 1. The van der Waals surface area contributed by atoms with Crippen LogP contribution in [0.3, 0.4) is 0 Å². The van der Waals surface area contributed by atoms with Gasteiger partial charge in [-0.15, -0.1) is 0 Å². The van der Waals surface area contributed by atoms with Crippen molar-refractivity contribution in [1.29, 1.82) is 0 Å². The number of carbonyl (C=O) groups is 1. The van der Waals surface area contributed by atoms with E-state index in [1.54, 1.807) is 6.08 Å². The van der Waals surface area contributed by atoms with Crippen LogP contribution in [0, 0.1) is 6.92 Å². The van der Waals surface area contributed by atoms with Gasteiger partial charge in [0.25, 0.3) is 0 Å². The summed E-state index contributed by atoms with van der Waals surface area (Å²) in [5, 5.41) is 12.0. The molecule has 0 fully saturated rings. The van der Waals surface area contributed by atoms with E-state index in [1.807, 2.05) is 32.0 Å². The Morgan fingerprint density at radius 2 is 2.29 bits per heavy atom. The molecule has 4 heteroatoms. The van der Waals surface area contributed by atoms with E-state index in [1.165, 1.54) is 0 Å². The summed E-state index contributed by atoms with van der Waals surface area (Å²) < 4.78 is 0. The molecule has 0 atom stereocenters. The smallest absolute Gasteiger partial charge is 0.331 e. The van der Waals surface area contributed by atoms with Crippen LogP contribution < -0.4 is 5.32 Å². The maximum Gasteiger partial charge on any atom is 0.331 e. The second-order valence-electron chi connectivity index (χ2n) is 3.79. The fraction of sp³-hybridized carbons (Fsp3) is 0.385. The van der Waals surface area contributed by atoms with E-state index in [0.29, 0.717) is 25.1 Å². The molecule has 0 spiro atoms. The second-order valence-corrected chi connectivity index (χ2v) is 3.79. The molecule has 0 amide bonds. The van der Waals surface area contributed by atoms with E-state index in [9.17, 15) is 4.79 Å². The highest BCUT2D eigenvalue weighted by atomic mass is 16.4. The molecule has 0 saturated heterocycles. The van der Waals surface area contributed by atoms with Crippen molar-refractivity contribution in [3.63, 3.8) is 0 Å². The topological polar surface area (TPSA) is 62.2 Å². The van der Waals surface area contributed by atoms with E-state index in [2.05, 4.69) is 10.3 Å². The molecule has 0 saturated carbocycles. The number of carboxylic acid groups (broad SMARTS) is 1. The average molecular weight is 234 g/mol. The van der Waals surface area contributed by atoms with Crippen LogP contribution in [0.2, 0.25) is 0 Å². The molecule has 1 heterocycles. The third-order valence-electron chi connectivity index (χ3n) is 2.40. The van der Waals surface area contributed by atoms with Crippen LogP contribution >= 0.6 is 0 Å². The van der Waals surface area contributed by atoms with E-state index >= 15 is 0 Å². The Bertz CT molecular complexity index is 414. The highest BCUT2D eigenvalue weighted by Gasteiger charge is 2.02. The maximum absolute atomic E-state index is 10.7. The summed E-state index contributed by atoms with van der Waals surface area (Å²) >= 11 is 0. The van der Waals surface area contributed by atoms with Crippen LogP contribution in [-0.2, 0) is 11.3 Å². The quantitative estimate of drug-likeness (QED) is 0.583. The third kappa shape index (κ3) is 4.78. The molecule has 1 aromatic heterocycles. The van der Waals surface area contributed by atoms with E-state index < -0.39 is 5.97 Å². The van der Waals surface area contributed by atoms with Crippen LogP contribution in [0.4, 0.5) is 0 Å². The van der Waals surface area contributed by atoms with Crippen molar-refractivity contribution in [3.8, 4) is 0 Å². The van der Waals surface area contributed by atoms with Gasteiger partial charge in [0.15, 0.2) is 0 Å². The van der Waals surface area contributed by atoms with Crippen LogP contribution in [0.1, 0.15) is 24.7 Å². The fourth-order valence-corrected chi connectivity index (χ4v) is 1.48. The van der Waals surface area contributed by atoms with Gasteiger partial charge in [-0.05, 0) is 25.5 Å². The van der Waals surface area contributed by atoms with Gasteiger partial charge in [0.2, 0.25) is 0 Å². The molecule has 0 bridgehead atoms. The molecule has 2 N–H and O–H groups in total. The minimum absolute atomic E-state index is 0.440. The van der Waals surface area contributed by atoms with Gasteiger partial charge in [-0.2, -0.15) is 0 Å². The summed E-state index contributed by atoms with van der Waals surface area (Å²) in [5.74, 6) is -0.844. The molecule has 0 aliphatic carbocycles. The molecular weight excluding hydrogens is 216 g/mol. The summed E-state index contributed by atoms with van der Waals surface area (Å²) in [6.45, 7) is 4.98. The largest absolute Gasteiger partial charge is 0.478 e. The minimum atomic E-state index is -0.844. The highest BCUT2D eigenvalue weighted by molar-refractivity contribution is 5.86. The van der Waals surface area contributed by atoms with Gasteiger partial charge in [-0.25, -0.2) is 4.79 Å². The molecule has 0 aliphatic heterocycles. The Hall–Kier alpha value is -1.68. The molecule has 0 unspecified atom stereocenters. The van der Waals surface area contributed by atoms with Gasteiger partial charge < -0.3 is 10.4 Å². The Labute approximate surface area is 101 Å². The third-order valence-corrected chi connectivity index (χ3v) is 2.40. The van der Waals surface area contributed by atoms with E-state index in [-0.39, 0.29) is 0 Å². The lowest BCUT2D eigenvalue weighted by molar-refractivity contribution is -0.132. The van der Waals surface area contributed by atoms with Crippen LogP contribution in [-0.4, -0.2) is 22.6 Å². The SMILES string of the molecule is CC/C(=C/CNCc1cccc(C)n1)C(=O)O. The van der Waals surface area contributed by atoms with Crippen LogP contribution in [0.15, 0.2) is 29.8 Å². The number of hydrogen-bond acceptors (Lipinski definition) is 3. The summed E-state index contributed by atoms with van der Waals surface area (Å²) in [7, 11) is 0. The number of aryl methyl sites for hydroxylation is 1. The molecule has 0 aromatic carbocycles. The number of nitrogens with one attached hydrogen (secondary N) is 1. The zero-order chi connectivity index (χ0) is 12.7. The molecular formula is C13H18N2O2. The molecule has 17 heavy (non-hydrogen) atoms. The van der Waals surface area contributed by atoms with Crippen LogP contribution in [0.25, 0.3) is 0 Å². The lowest BCUT2D eigenvalue weighted by Gasteiger charge is -2.03. The first-order valence-electron chi connectivity index (χ1n) is 5.69. The van der Waals surface area contributed by atoms with Crippen molar-refractivity contribution in [1.82, 2.24) is 10.3 Å². The van der Waals surface area contributed by atoms with Gasteiger partial charge in [0, 0.05) is 24.4 Å². The second kappa shape index (κ2) is 6.81. The van der Waals surface area contributed by atoms with Gasteiger partial charge >= 0.3 is 5.97 Å². The summed E-state index contributed by atoms with van der Waals surface area (Å²) in [4.78, 5) is 15.1. The number of hydrogen-bond donors (Lipinski definition) is 2. The Balaban J connectivity index is 2.40. The van der Waals surface area contributed by atoms with Crippen molar-refractivity contribution in [2.45, 2.75) is 26.8 Å². The predicted molar refractivity (Wildman–Crippen MR) is 66.7 cm³/mol. The average Bonchev–Trinajstić information content (AvgIpc) is 2.28. The van der Waals surface area contributed by atoms with E-state index in [4.69, 9.17) is 5.11 Å². The first kappa shape index (κ1) is 13.4. The molecule has 1 aromatic rings. The van der Waals surface area contributed by atoms with Crippen molar-refractivity contribution in [2.24, 2.45) is 0 Å². The highest BCUT2D eigenvalue weighted by Crippen LogP contribution is 2.00. The molecule has 4 nitrogen and oxygen atoms in total. The summed E-state index contributed by atoms with van der Waals surface area (Å²) in [6, 6.07) is 5.86. The number of pyridine rings is 1. The number of nitrogens with zero attached hydrogens (tertiary/aromatic N) is 1. The Morgan fingerprint density at radius 3 is 2.88 bits per heavy atom. The van der Waals surface area contributed by atoms with Gasteiger partial charge in [0.1, 0.15) is 0 Å². The van der Waals surface area contributed by atoms with Crippen molar-refractivity contribution in [3.05, 3.63) is 41.2 Å². The number of rotatable bonds is 6. The fourth-order valence-electron chi connectivity index (χ4n) is 1.48.